The van der Waals surface area contributed by atoms with Crippen molar-refractivity contribution in [3.05, 3.63) is 22.3 Å². The van der Waals surface area contributed by atoms with Gasteiger partial charge in [0, 0.05) is 19.6 Å². The predicted octanol–water partition coefficient (Wildman–Crippen LogP) is 5.78. The van der Waals surface area contributed by atoms with Crippen LogP contribution >= 0.6 is 22.6 Å². The number of aliphatic hydroxyl groups is 1. The second kappa shape index (κ2) is 14.1. The van der Waals surface area contributed by atoms with Crippen LogP contribution in [0.1, 0.15) is 72.1 Å². The fourth-order valence-electron chi connectivity index (χ4n) is 3.28. The van der Waals surface area contributed by atoms with E-state index in [9.17, 15) is 5.11 Å². The summed E-state index contributed by atoms with van der Waals surface area (Å²) in [6.07, 6.45) is 6.80. The minimum absolute atomic E-state index is 0.0642. The van der Waals surface area contributed by atoms with Gasteiger partial charge in [-0.3, -0.25) is 0 Å². The molecule has 1 saturated heterocycles. The Bertz CT molecular complexity index is 432. The van der Waals surface area contributed by atoms with Crippen molar-refractivity contribution in [2.45, 2.75) is 96.7 Å². The Morgan fingerprint density at radius 3 is 2.41 bits per heavy atom. The lowest BCUT2D eigenvalue weighted by molar-refractivity contribution is -0.150. The SMILES string of the molecule is C=C(I)[C@H](C)C[C@H](O)CC[C@@H]1O[C@@H](CCC(OCCC)OCCC)CC1=C. The average Bonchev–Trinajstić information content (AvgIpc) is 2.99. The number of allylic oxidation sites excluding steroid dienone is 1. The molecule has 1 rings (SSSR count). The highest BCUT2D eigenvalue weighted by molar-refractivity contribution is 14.1. The van der Waals surface area contributed by atoms with Crippen molar-refractivity contribution in [3.8, 4) is 0 Å². The monoisotopic (exact) mass is 494 g/mol. The topological polar surface area (TPSA) is 47.9 Å². The Morgan fingerprint density at radius 1 is 1.22 bits per heavy atom. The minimum Gasteiger partial charge on any atom is -0.393 e. The molecule has 1 N–H and O–H groups in total. The van der Waals surface area contributed by atoms with Gasteiger partial charge in [-0.05, 0) is 82.6 Å². The third-order valence-electron chi connectivity index (χ3n) is 4.96. The van der Waals surface area contributed by atoms with E-state index in [-0.39, 0.29) is 24.6 Å². The molecular formula is C22H39IO4. The molecule has 1 heterocycles. The zero-order chi connectivity index (χ0) is 20.2. The van der Waals surface area contributed by atoms with Gasteiger partial charge < -0.3 is 19.3 Å². The fourth-order valence-corrected chi connectivity index (χ4v) is 3.53. The van der Waals surface area contributed by atoms with Gasteiger partial charge in [0.2, 0.25) is 0 Å². The molecule has 0 unspecified atom stereocenters. The molecular weight excluding hydrogens is 455 g/mol. The van der Waals surface area contributed by atoms with Crippen LogP contribution in [0, 0.1) is 5.92 Å². The van der Waals surface area contributed by atoms with E-state index >= 15 is 0 Å². The molecule has 1 fully saturated rings. The van der Waals surface area contributed by atoms with Gasteiger partial charge in [0.05, 0.1) is 18.3 Å². The van der Waals surface area contributed by atoms with Gasteiger partial charge in [-0.1, -0.05) is 33.9 Å². The number of halogens is 1. The molecule has 0 radical (unpaired) electrons. The van der Waals surface area contributed by atoms with Crippen LogP contribution in [0.25, 0.3) is 0 Å². The molecule has 1 aliphatic rings. The van der Waals surface area contributed by atoms with E-state index in [4.69, 9.17) is 14.2 Å². The summed E-state index contributed by atoms with van der Waals surface area (Å²) in [4.78, 5) is 0. The first-order chi connectivity index (χ1) is 12.9. The quantitative estimate of drug-likeness (QED) is 0.178. The summed E-state index contributed by atoms with van der Waals surface area (Å²) in [5.41, 5.74) is 1.15. The van der Waals surface area contributed by atoms with E-state index in [0.29, 0.717) is 5.92 Å². The summed E-state index contributed by atoms with van der Waals surface area (Å²) in [5, 5.41) is 10.3. The average molecular weight is 494 g/mol. The zero-order valence-corrected chi connectivity index (χ0v) is 19.6. The molecule has 0 aromatic rings. The van der Waals surface area contributed by atoms with E-state index in [1.807, 2.05) is 0 Å². The van der Waals surface area contributed by atoms with Crippen molar-refractivity contribution < 1.29 is 19.3 Å². The van der Waals surface area contributed by atoms with E-state index in [1.165, 1.54) is 0 Å². The summed E-state index contributed by atoms with van der Waals surface area (Å²) in [6.45, 7) is 15.9. The number of hydrogen-bond acceptors (Lipinski definition) is 4. The molecule has 0 saturated carbocycles. The molecule has 0 spiro atoms. The Balaban J connectivity index is 2.34. The third-order valence-corrected chi connectivity index (χ3v) is 6.03. The highest BCUT2D eigenvalue weighted by Crippen LogP contribution is 2.31. The fraction of sp³-hybridized carbons (Fsp3) is 0.818. The molecule has 0 aliphatic carbocycles. The second-order valence-electron chi connectivity index (χ2n) is 7.67. The van der Waals surface area contributed by atoms with Gasteiger partial charge in [0.15, 0.2) is 6.29 Å². The van der Waals surface area contributed by atoms with Crippen LogP contribution < -0.4 is 0 Å². The maximum Gasteiger partial charge on any atom is 0.157 e. The lowest BCUT2D eigenvalue weighted by atomic mass is 9.97. The molecule has 0 amide bonds. The molecule has 4 atom stereocenters. The highest BCUT2D eigenvalue weighted by Gasteiger charge is 2.29. The lowest BCUT2D eigenvalue weighted by Crippen LogP contribution is -2.21. The van der Waals surface area contributed by atoms with Crippen LogP contribution in [0.5, 0.6) is 0 Å². The third kappa shape index (κ3) is 10.4. The number of aliphatic hydroxyl groups excluding tert-OH is 1. The first kappa shape index (κ1) is 25.1. The summed E-state index contributed by atoms with van der Waals surface area (Å²) in [6, 6.07) is 0. The standard InChI is InChI=1S/C22H39IO4/c1-6-12-25-22(26-13-7-2)11-9-20-15-17(4)21(27-20)10-8-19(24)14-16(3)18(5)23/h16,19-22,24H,4-15H2,1-3H3/t16-,19-,20+,21+/m1/s1. The van der Waals surface area contributed by atoms with E-state index in [0.717, 1.165) is 73.7 Å². The van der Waals surface area contributed by atoms with Crippen LogP contribution in [-0.4, -0.2) is 42.9 Å². The van der Waals surface area contributed by atoms with E-state index in [1.54, 1.807) is 0 Å². The molecule has 0 aromatic heterocycles. The second-order valence-corrected chi connectivity index (χ2v) is 9.06. The van der Waals surface area contributed by atoms with Gasteiger partial charge in [0.1, 0.15) is 0 Å². The normalized spacial score (nSPS) is 22.4. The highest BCUT2D eigenvalue weighted by atomic mass is 127. The number of rotatable bonds is 15. The Morgan fingerprint density at radius 2 is 1.85 bits per heavy atom. The van der Waals surface area contributed by atoms with Crippen LogP contribution in [0.15, 0.2) is 22.3 Å². The summed E-state index contributed by atoms with van der Waals surface area (Å²) < 4.78 is 18.9. The van der Waals surface area contributed by atoms with Crippen molar-refractivity contribution in [1.82, 2.24) is 0 Å². The molecule has 4 nitrogen and oxygen atoms in total. The molecule has 27 heavy (non-hydrogen) atoms. The lowest BCUT2D eigenvalue weighted by Gasteiger charge is -2.21. The van der Waals surface area contributed by atoms with Crippen LogP contribution in [0.4, 0.5) is 0 Å². The number of hydrogen-bond donors (Lipinski definition) is 1. The van der Waals surface area contributed by atoms with Crippen LogP contribution in [0.3, 0.4) is 0 Å². The maximum atomic E-state index is 10.3. The van der Waals surface area contributed by atoms with Crippen molar-refractivity contribution in [2.24, 2.45) is 5.92 Å². The smallest absolute Gasteiger partial charge is 0.157 e. The molecule has 158 valence electrons. The van der Waals surface area contributed by atoms with Crippen molar-refractivity contribution in [3.63, 3.8) is 0 Å². The van der Waals surface area contributed by atoms with Crippen molar-refractivity contribution >= 4 is 22.6 Å². The largest absolute Gasteiger partial charge is 0.393 e. The summed E-state index contributed by atoms with van der Waals surface area (Å²) >= 11 is 2.24. The first-order valence-corrected chi connectivity index (χ1v) is 11.5. The van der Waals surface area contributed by atoms with Gasteiger partial charge in [-0.15, -0.1) is 0 Å². The predicted molar refractivity (Wildman–Crippen MR) is 120 cm³/mol. The maximum absolute atomic E-state index is 10.3. The molecule has 1 aliphatic heterocycles. The molecule has 5 heteroatoms. The van der Waals surface area contributed by atoms with Gasteiger partial charge >= 0.3 is 0 Å². The van der Waals surface area contributed by atoms with Gasteiger partial charge in [0.25, 0.3) is 0 Å². The summed E-state index contributed by atoms with van der Waals surface area (Å²) in [5.74, 6) is 0.337. The van der Waals surface area contributed by atoms with E-state index < -0.39 is 0 Å². The van der Waals surface area contributed by atoms with E-state index in [2.05, 4.69) is 56.5 Å². The summed E-state index contributed by atoms with van der Waals surface area (Å²) in [7, 11) is 0. The Hall–Kier alpha value is 0.0500. The zero-order valence-electron chi connectivity index (χ0n) is 17.4. The van der Waals surface area contributed by atoms with Crippen molar-refractivity contribution in [1.29, 1.82) is 0 Å². The van der Waals surface area contributed by atoms with Crippen molar-refractivity contribution in [2.75, 3.05) is 13.2 Å². The molecule has 0 bridgehead atoms. The number of ether oxygens (including phenoxy) is 3. The Labute approximate surface area is 179 Å². The van der Waals surface area contributed by atoms with Crippen LogP contribution in [-0.2, 0) is 14.2 Å². The minimum atomic E-state index is -0.309. The van der Waals surface area contributed by atoms with Crippen LogP contribution in [0.2, 0.25) is 0 Å². The van der Waals surface area contributed by atoms with Gasteiger partial charge in [-0.25, -0.2) is 0 Å². The first-order valence-electron chi connectivity index (χ1n) is 10.5. The molecule has 0 aromatic carbocycles. The Kier molecular flexibility index (Phi) is 13.1. The van der Waals surface area contributed by atoms with Gasteiger partial charge in [-0.2, -0.15) is 0 Å².